The number of amides is 1. The van der Waals surface area contributed by atoms with E-state index in [-0.39, 0.29) is 11.8 Å². The number of carbonyl (C=O) groups is 1. The van der Waals surface area contributed by atoms with Crippen molar-refractivity contribution in [3.8, 4) is 0 Å². The first-order valence-electron chi connectivity index (χ1n) is 5.19. The van der Waals surface area contributed by atoms with E-state index in [0.29, 0.717) is 5.88 Å². The molecule has 1 N–H and O–H groups in total. The van der Waals surface area contributed by atoms with E-state index in [1.807, 2.05) is 43.3 Å². The van der Waals surface area contributed by atoms with Crippen LogP contribution in [0, 0.1) is 5.92 Å². The summed E-state index contributed by atoms with van der Waals surface area (Å²) in [5.74, 6) is 0.115. The van der Waals surface area contributed by atoms with Gasteiger partial charge in [-0.1, -0.05) is 6.92 Å². The van der Waals surface area contributed by atoms with Crippen LogP contribution in [0.1, 0.15) is 6.92 Å². The fourth-order valence-electron chi connectivity index (χ4n) is 1.18. The molecular weight excluding hydrogens is 224 g/mol. The number of rotatable bonds is 4. The molecule has 0 aliphatic rings. The molecule has 0 saturated carbocycles. The molecule has 1 amide bonds. The molecule has 1 rings (SSSR count). The minimum Gasteiger partial charge on any atom is -0.378 e. The predicted molar refractivity (Wildman–Crippen MR) is 69.3 cm³/mol. The lowest BCUT2D eigenvalue weighted by Crippen LogP contribution is -2.21. The van der Waals surface area contributed by atoms with Crippen molar-refractivity contribution in [3.63, 3.8) is 0 Å². The predicted octanol–water partition coefficient (Wildman–Crippen LogP) is 2.57. The molecule has 3 nitrogen and oxygen atoms in total. The molecule has 1 atom stereocenters. The van der Waals surface area contributed by atoms with E-state index in [1.54, 1.807) is 6.92 Å². The second-order valence-corrected chi connectivity index (χ2v) is 4.29. The van der Waals surface area contributed by atoms with Crippen LogP contribution >= 0.6 is 11.6 Å². The lowest BCUT2D eigenvalue weighted by Gasteiger charge is -2.13. The van der Waals surface area contributed by atoms with Gasteiger partial charge in [0.25, 0.3) is 0 Å². The van der Waals surface area contributed by atoms with Gasteiger partial charge in [0.05, 0.1) is 0 Å². The van der Waals surface area contributed by atoms with Crippen LogP contribution in [-0.2, 0) is 4.79 Å². The summed E-state index contributed by atoms with van der Waals surface area (Å²) < 4.78 is 0. The van der Waals surface area contributed by atoms with Gasteiger partial charge < -0.3 is 10.2 Å². The molecule has 1 aromatic carbocycles. The molecule has 1 aromatic rings. The molecule has 0 aliphatic carbocycles. The maximum absolute atomic E-state index is 11.6. The Bertz CT molecular complexity index is 349. The number of benzene rings is 1. The van der Waals surface area contributed by atoms with Crippen molar-refractivity contribution in [1.82, 2.24) is 0 Å². The highest BCUT2D eigenvalue weighted by Crippen LogP contribution is 2.16. The van der Waals surface area contributed by atoms with E-state index >= 15 is 0 Å². The van der Waals surface area contributed by atoms with Crippen LogP contribution in [0.15, 0.2) is 24.3 Å². The Labute approximate surface area is 101 Å². The number of nitrogens with one attached hydrogen (secondary N) is 1. The van der Waals surface area contributed by atoms with E-state index in [1.165, 1.54) is 0 Å². The third kappa shape index (κ3) is 3.42. The van der Waals surface area contributed by atoms with Crippen molar-refractivity contribution in [1.29, 1.82) is 0 Å². The smallest absolute Gasteiger partial charge is 0.228 e. The quantitative estimate of drug-likeness (QED) is 0.821. The third-order valence-electron chi connectivity index (χ3n) is 2.33. The highest BCUT2D eigenvalue weighted by molar-refractivity contribution is 6.19. The average Bonchev–Trinajstić information content (AvgIpc) is 2.28. The maximum Gasteiger partial charge on any atom is 0.228 e. The first-order valence-corrected chi connectivity index (χ1v) is 5.72. The summed E-state index contributed by atoms with van der Waals surface area (Å²) in [5.41, 5.74) is 1.90. The number of anilines is 2. The van der Waals surface area contributed by atoms with Crippen LogP contribution < -0.4 is 10.2 Å². The zero-order valence-corrected chi connectivity index (χ0v) is 10.6. The fraction of sp³-hybridized carbons (Fsp3) is 0.417. The zero-order valence-electron chi connectivity index (χ0n) is 9.83. The number of nitrogens with zero attached hydrogens (tertiary/aromatic N) is 1. The van der Waals surface area contributed by atoms with Crippen molar-refractivity contribution < 1.29 is 4.79 Å². The van der Waals surface area contributed by atoms with Gasteiger partial charge in [0, 0.05) is 37.3 Å². The Morgan fingerprint density at radius 2 is 1.94 bits per heavy atom. The maximum atomic E-state index is 11.6. The number of alkyl halides is 1. The summed E-state index contributed by atoms with van der Waals surface area (Å²) in [7, 11) is 3.95. The minimum absolute atomic E-state index is 0.0485. The molecule has 0 bridgehead atoms. The SMILES string of the molecule is CC(CCl)C(=O)Nc1ccc(N(C)C)cc1. The van der Waals surface area contributed by atoms with E-state index < -0.39 is 0 Å². The van der Waals surface area contributed by atoms with Gasteiger partial charge in [-0.05, 0) is 24.3 Å². The van der Waals surface area contributed by atoms with Gasteiger partial charge in [0.15, 0.2) is 0 Å². The van der Waals surface area contributed by atoms with Crippen LogP contribution in [0.3, 0.4) is 0 Å². The van der Waals surface area contributed by atoms with Gasteiger partial charge in [-0.15, -0.1) is 11.6 Å². The molecule has 0 heterocycles. The van der Waals surface area contributed by atoms with Crippen LogP contribution in [0.2, 0.25) is 0 Å². The Morgan fingerprint density at radius 3 is 2.38 bits per heavy atom. The van der Waals surface area contributed by atoms with E-state index in [0.717, 1.165) is 11.4 Å². The Balaban J connectivity index is 2.65. The van der Waals surface area contributed by atoms with Crippen molar-refractivity contribution in [3.05, 3.63) is 24.3 Å². The molecule has 4 heteroatoms. The normalized spacial score (nSPS) is 12.0. The Morgan fingerprint density at radius 1 is 1.38 bits per heavy atom. The summed E-state index contributed by atoms with van der Waals surface area (Å²) in [5, 5.41) is 2.82. The van der Waals surface area contributed by atoms with Gasteiger partial charge in [-0.3, -0.25) is 4.79 Å². The first kappa shape index (κ1) is 12.8. The zero-order chi connectivity index (χ0) is 12.1. The highest BCUT2D eigenvalue weighted by Gasteiger charge is 2.11. The topological polar surface area (TPSA) is 32.3 Å². The lowest BCUT2D eigenvalue weighted by atomic mass is 10.2. The summed E-state index contributed by atoms with van der Waals surface area (Å²) in [6, 6.07) is 7.68. The van der Waals surface area contributed by atoms with Crippen molar-refractivity contribution in [2.75, 3.05) is 30.2 Å². The van der Waals surface area contributed by atoms with Crippen molar-refractivity contribution >= 4 is 28.9 Å². The van der Waals surface area contributed by atoms with Gasteiger partial charge >= 0.3 is 0 Å². The largest absolute Gasteiger partial charge is 0.378 e. The summed E-state index contributed by atoms with van der Waals surface area (Å²) in [6.07, 6.45) is 0. The van der Waals surface area contributed by atoms with Crippen molar-refractivity contribution in [2.24, 2.45) is 5.92 Å². The molecule has 16 heavy (non-hydrogen) atoms. The molecule has 88 valence electrons. The number of hydrogen-bond acceptors (Lipinski definition) is 2. The van der Waals surface area contributed by atoms with Crippen LogP contribution in [0.4, 0.5) is 11.4 Å². The van der Waals surface area contributed by atoms with E-state index in [4.69, 9.17) is 11.6 Å². The number of hydrogen-bond donors (Lipinski definition) is 1. The van der Waals surface area contributed by atoms with Crippen LogP contribution in [-0.4, -0.2) is 25.9 Å². The first-order chi connectivity index (χ1) is 7.54. The molecular formula is C12H17ClN2O. The highest BCUT2D eigenvalue weighted by atomic mass is 35.5. The van der Waals surface area contributed by atoms with Crippen molar-refractivity contribution in [2.45, 2.75) is 6.92 Å². The number of carbonyl (C=O) groups excluding carboxylic acids is 1. The van der Waals surface area contributed by atoms with Gasteiger partial charge in [0.2, 0.25) is 5.91 Å². The lowest BCUT2D eigenvalue weighted by molar-refractivity contribution is -0.118. The Hall–Kier alpha value is -1.22. The average molecular weight is 241 g/mol. The molecule has 0 aliphatic heterocycles. The summed E-state index contributed by atoms with van der Waals surface area (Å²) in [6.45, 7) is 1.80. The molecule has 0 radical (unpaired) electrons. The molecule has 0 saturated heterocycles. The molecule has 0 aromatic heterocycles. The molecule has 1 unspecified atom stereocenters. The third-order valence-corrected chi connectivity index (χ3v) is 2.79. The van der Waals surface area contributed by atoms with Gasteiger partial charge in [-0.2, -0.15) is 0 Å². The molecule has 0 spiro atoms. The Kier molecular flexibility index (Phi) is 4.62. The second-order valence-electron chi connectivity index (χ2n) is 3.99. The van der Waals surface area contributed by atoms with E-state index in [9.17, 15) is 4.79 Å². The molecule has 0 fully saturated rings. The monoisotopic (exact) mass is 240 g/mol. The van der Waals surface area contributed by atoms with Crippen LogP contribution in [0.5, 0.6) is 0 Å². The minimum atomic E-state index is -0.171. The number of halogens is 1. The second kappa shape index (κ2) is 5.75. The summed E-state index contributed by atoms with van der Waals surface area (Å²) >= 11 is 5.61. The van der Waals surface area contributed by atoms with Gasteiger partial charge in [0.1, 0.15) is 0 Å². The van der Waals surface area contributed by atoms with Gasteiger partial charge in [-0.25, -0.2) is 0 Å². The standard InChI is InChI=1S/C12H17ClN2O/c1-9(8-13)12(16)14-10-4-6-11(7-5-10)15(2)3/h4-7,9H,8H2,1-3H3,(H,14,16). The van der Waals surface area contributed by atoms with E-state index in [2.05, 4.69) is 5.32 Å². The fourth-order valence-corrected chi connectivity index (χ4v) is 1.32. The van der Waals surface area contributed by atoms with Crippen LogP contribution in [0.25, 0.3) is 0 Å². The summed E-state index contributed by atoms with van der Waals surface area (Å²) in [4.78, 5) is 13.6.